The number of nitrogens with zero attached hydrogens (tertiary/aromatic N) is 2. The predicted octanol–water partition coefficient (Wildman–Crippen LogP) is 1.68. The van der Waals surface area contributed by atoms with Crippen molar-refractivity contribution in [2.24, 2.45) is 17.8 Å². The Morgan fingerprint density at radius 2 is 2.03 bits per heavy atom. The molecule has 2 bridgehead atoms. The van der Waals surface area contributed by atoms with E-state index in [9.17, 15) is 24.6 Å². The van der Waals surface area contributed by atoms with Gasteiger partial charge < -0.3 is 24.7 Å². The third-order valence-electron chi connectivity index (χ3n) is 7.87. The van der Waals surface area contributed by atoms with Gasteiger partial charge >= 0.3 is 5.97 Å². The molecule has 3 heterocycles. The Bertz CT molecular complexity index is 967. The van der Waals surface area contributed by atoms with E-state index in [0.717, 1.165) is 5.56 Å². The van der Waals surface area contributed by atoms with Gasteiger partial charge in [-0.15, -0.1) is 6.58 Å². The number of rotatable bonds is 8. The molecule has 3 aliphatic heterocycles. The lowest BCUT2D eigenvalue weighted by Gasteiger charge is -2.38. The number of ether oxygens (including phenoxy) is 1. The molecule has 3 fully saturated rings. The third kappa shape index (κ3) is 3.30. The normalized spacial score (nSPS) is 35.4. The highest BCUT2D eigenvalue weighted by molar-refractivity contribution is 5.98. The van der Waals surface area contributed by atoms with Crippen LogP contribution in [-0.2, 0) is 25.7 Å². The monoisotopic (exact) mass is 456 g/mol. The summed E-state index contributed by atoms with van der Waals surface area (Å²) in [6.07, 6.45) is 2.03. The first-order chi connectivity index (χ1) is 15.6. The van der Waals surface area contributed by atoms with Crippen LogP contribution in [0.25, 0.3) is 0 Å². The number of carbonyl (C=O) groups excluding carboxylic acids is 2. The second kappa shape index (κ2) is 8.25. The molecule has 8 heteroatoms. The SMILES string of the molecule is C=CCN(Cc1ccccc1)C(=O)C1N([C@H](C)CO)C(=O)[C@@H]2[C@H](C(=O)O)[C@@]3(C)OC12CC3C. The van der Waals surface area contributed by atoms with Crippen molar-refractivity contribution in [2.75, 3.05) is 13.2 Å². The molecule has 0 aromatic heterocycles. The van der Waals surface area contributed by atoms with Crippen molar-refractivity contribution in [3.8, 4) is 0 Å². The van der Waals surface area contributed by atoms with Crippen LogP contribution < -0.4 is 0 Å². The first kappa shape index (κ1) is 23.4. The summed E-state index contributed by atoms with van der Waals surface area (Å²) in [5.74, 6) is -4.03. The maximum absolute atomic E-state index is 14.1. The number of hydrogen-bond donors (Lipinski definition) is 2. The molecule has 0 saturated carbocycles. The van der Waals surface area contributed by atoms with Gasteiger partial charge in [-0.3, -0.25) is 14.4 Å². The summed E-state index contributed by atoms with van der Waals surface area (Å²) < 4.78 is 6.47. The highest BCUT2D eigenvalue weighted by atomic mass is 16.5. The molecule has 7 atom stereocenters. The largest absolute Gasteiger partial charge is 0.481 e. The van der Waals surface area contributed by atoms with Crippen molar-refractivity contribution in [1.29, 1.82) is 0 Å². The first-order valence-electron chi connectivity index (χ1n) is 11.4. The summed E-state index contributed by atoms with van der Waals surface area (Å²) in [5, 5.41) is 20.0. The van der Waals surface area contributed by atoms with Gasteiger partial charge in [0.1, 0.15) is 17.6 Å². The van der Waals surface area contributed by atoms with E-state index < -0.39 is 47.0 Å². The molecule has 0 radical (unpaired) electrons. The standard InChI is InChI=1S/C25H32N2O6/c1-5-11-26(13-17-9-7-6-8-10-17)22(30)20-25-12-15(2)24(4,33-25)19(23(31)32)18(25)21(29)27(20)16(3)14-28/h5-10,15-16,18-20,28H,1,11-14H2,2-4H3,(H,31,32)/t15?,16-,18+,19-,20?,24+,25?/m1/s1. The van der Waals surface area contributed by atoms with Gasteiger partial charge in [0, 0.05) is 13.1 Å². The van der Waals surface area contributed by atoms with Gasteiger partial charge in [0.05, 0.1) is 24.2 Å². The lowest BCUT2D eigenvalue weighted by atomic mass is 9.62. The number of fused-ring (bicyclic) bond motifs is 1. The number of carboxylic acids is 1. The van der Waals surface area contributed by atoms with E-state index in [1.807, 2.05) is 37.3 Å². The minimum atomic E-state index is -1.25. The van der Waals surface area contributed by atoms with Crippen LogP contribution in [0.4, 0.5) is 0 Å². The Morgan fingerprint density at radius 3 is 2.61 bits per heavy atom. The molecule has 0 aliphatic carbocycles. The maximum atomic E-state index is 14.1. The summed E-state index contributed by atoms with van der Waals surface area (Å²) >= 11 is 0. The van der Waals surface area contributed by atoms with Crippen LogP contribution >= 0.6 is 0 Å². The molecule has 2 N–H and O–H groups in total. The van der Waals surface area contributed by atoms with Crippen LogP contribution in [0.5, 0.6) is 0 Å². The third-order valence-corrected chi connectivity index (χ3v) is 7.87. The smallest absolute Gasteiger partial charge is 0.310 e. The zero-order valence-electron chi connectivity index (χ0n) is 19.3. The summed E-state index contributed by atoms with van der Waals surface area (Å²) in [7, 11) is 0. The molecule has 1 aromatic rings. The summed E-state index contributed by atoms with van der Waals surface area (Å²) in [5.41, 5.74) is -1.36. The lowest BCUT2D eigenvalue weighted by molar-refractivity contribution is -0.160. The number of carbonyl (C=O) groups is 3. The molecule has 4 rings (SSSR count). The van der Waals surface area contributed by atoms with Gasteiger partial charge in [-0.1, -0.05) is 43.3 Å². The molecule has 3 unspecified atom stereocenters. The Kier molecular flexibility index (Phi) is 5.87. The quantitative estimate of drug-likeness (QED) is 0.577. The number of likely N-dealkylation sites (tertiary alicyclic amines) is 1. The van der Waals surface area contributed by atoms with Gasteiger partial charge in [-0.05, 0) is 31.7 Å². The van der Waals surface area contributed by atoms with E-state index >= 15 is 0 Å². The summed E-state index contributed by atoms with van der Waals surface area (Å²) in [6.45, 7) is 9.33. The molecule has 2 amide bonds. The Hall–Kier alpha value is -2.71. The van der Waals surface area contributed by atoms with Crippen LogP contribution in [0.1, 0.15) is 32.8 Å². The number of hydrogen-bond acceptors (Lipinski definition) is 5. The molecule has 3 aliphatic rings. The number of aliphatic carboxylic acids is 1. The van der Waals surface area contributed by atoms with Gasteiger partial charge in [0.25, 0.3) is 0 Å². The number of aliphatic hydroxyl groups excluding tert-OH is 1. The number of benzene rings is 1. The molecule has 178 valence electrons. The van der Waals surface area contributed by atoms with Crippen molar-refractivity contribution < 1.29 is 29.3 Å². The molecular weight excluding hydrogens is 424 g/mol. The zero-order chi connectivity index (χ0) is 24.1. The molecule has 1 spiro atoms. The molecule has 3 saturated heterocycles. The maximum Gasteiger partial charge on any atom is 0.310 e. The molecular formula is C25H32N2O6. The highest BCUT2D eigenvalue weighted by Crippen LogP contribution is 2.65. The fourth-order valence-electron chi connectivity index (χ4n) is 6.26. The lowest BCUT2D eigenvalue weighted by Crippen LogP contribution is -2.58. The number of aliphatic hydroxyl groups is 1. The first-order valence-corrected chi connectivity index (χ1v) is 11.4. The van der Waals surface area contributed by atoms with E-state index in [1.54, 1.807) is 24.8 Å². The Balaban J connectivity index is 1.80. The van der Waals surface area contributed by atoms with E-state index in [1.165, 1.54) is 4.90 Å². The van der Waals surface area contributed by atoms with Crippen molar-refractivity contribution in [3.63, 3.8) is 0 Å². The van der Waals surface area contributed by atoms with E-state index in [4.69, 9.17) is 4.74 Å². The minimum absolute atomic E-state index is 0.149. The topological polar surface area (TPSA) is 107 Å². The number of carboxylic acid groups (broad SMARTS) is 1. The van der Waals surface area contributed by atoms with Gasteiger partial charge in [0.2, 0.25) is 11.8 Å². The van der Waals surface area contributed by atoms with Gasteiger partial charge in [-0.25, -0.2) is 0 Å². The van der Waals surface area contributed by atoms with E-state index in [2.05, 4.69) is 6.58 Å². The summed E-state index contributed by atoms with van der Waals surface area (Å²) in [4.78, 5) is 43.1. The minimum Gasteiger partial charge on any atom is -0.481 e. The molecule has 33 heavy (non-hydrogen) atoms. The molecule has 8 nitrogen and oxygen atoms in total. The molecule has 1 aromatic carbocycles. The summed E-state index contributed by atoms with van der Waals surface area (Å²) in [6, 6.07) is 7.83. The van der Waals surface area contributed by atoms with Crippen molar-refractivity contribution in [1.82, 2.24) is 9.80 Å². The second-order valence-corrected chi connectivity index (χ2v) is 9.81. The van der Waals surface area contributed by atoms with Gasteiger partial charge in [0.15, 0.2) is 0 Å². The number of amides is 2. The second-order valence-electron chi connectivity index (χ2n) is 9.81. The van der Waals surface area contributed by atoms with Crippen LogP contribution in [0, 0.1) is 17.8 Å². The van der Waals surface area contributed by atoms with Crippen molar-refractivity contribution >= 4 is 17.8 Å². The Morgan fingerprint density at radius 1 is 1.36 bits per heavy atom. The fraction of sp³-hybridized carbons (Fsp3) is 0.560. The average Bonchev–Trinajstić information content (AvgIpc) is 3.30. The van der Waals surface area contributed by atoms with Crippen LogP contribution in [0.2, 0.25) is 0 Å². The van der Waals surface area contributed by atoms with Crippen molar-refractivity contribution in [3.05, 3.63) is 48.6 Å². The zero-order valence-corrected chi connectivity index (χ0v) is 19.3. The van der Waals surface area contributed by atoms with E-state index in [-0.39, 0.29) is 25.0 Å². The van der Waals surface area contributed by atoms with Crippen LogP contribution in [-0.4, -0.2) is 74.2 Å². The van der Waals surface area contributed by atoms with Crippen molar-refractivity contribution in [2.45, 2.75) is 57.0 Å². The Labute approximate surface area is 193 Å². The highest BCUT2D eigenvalue weighted by Gasteiger charge is 2.80. The van der Waals surface area contributed by atoms with Crippen LogP contribution in [0.3, 0.4) is 0 Å². The van der Waals surface area contributed by atoms with Gasteiger partial charge in [-0.2, -0.15) is 0 Å². The fourth-order valence-corrected chi connectivity index (χ4v) is 6.26. The van der Waals surface area contributed by atoms with Crippen LogP contribution in [0.15, 0.2) is 43.0 Å². The van der Waals surface area contributed by atoms with E-state index in [0.29, 0.717) is 13.0 Å². The average molecular weight is 457 g/mol. The predicted molar refractivity (Wildman–Crippen MR) is 120 cm³/mol.